The second-order valence-electron chi connectivity index (χ2n) is 6.13. The van der Waals surface area contributed by atoms with Crippen molar-refractivity contribution in [3.8, 4) is 0 Å². The van der Waals surface area contributed by atoms with Crippen molar-refractivity contribution in [2.24, 2.45) is 0 Å². The standard InChI is InChI=1S/C19H23N5OS/c1-4-24-12-21-23-17(24)9-10-20-19(25)14(3)26-18-11-13(2)15-7-5-6-8-16(15)22-18/h5-8,11-12,14H,4,9-10H2,1-3H3,(H,20,25). The Morgan fingerprint density at radius 2 is 2.15 bits per heavy atom. The van der Waals surface area contributed by atoms with E-state index in [1.165, 1.54) is 17.3 Å². The van der Waals surface area contributed by atoms with E-state index in [1.807, 2.05) is 42.7 Å². The van der Waals surface area contributed by atoms with Gasteiger partial charge in [-0.1, -0.05) is 30.0 Å². The Morgan fingerprint density at radius 3 is 2.96 bits per heavy atom. The summed E-state index contributed by atoms with van der Waals surface area (Å²) in [6.45, 7) is 7.40. The van der Waals surface area contributed by atoms with Gasteiger partial charge in [-0.05, 0) is 38.5 Å². The van der Waals surface area contributed by atoms with E-state index in [9.17, 15) is 4.79 Å². The number of rotatable bonds is 7. The normalized spacial score (nSPS) is 12.3. The first-order valence-corrected chi connectivity index (χ1v) is 9.64. The zero-order chi connectivity index (χ0) is 18.5. The summed E-state index contributed by atoms with van der Waals surface area (Å²) in [5.74, 6) is 0.894. The van der Waals surface area contributed by atoms with Crippen molar-refractivity contribution in [1.82, 2.24) is 25.1 Å². The molecule has 0 saturated carbocycles. The lowest BCUT2D eigenvalue weighted by atomic mass is 10.1. The van der Waals surface area contributed by atoms with Crippen LogP contribution >= 0.6 is 11.8 Å². The predicted octanol–water partition coefficient (Wildman–Crippen LogP) is 2.99. The first-order valence-electron chi connectivity index (χ1n) is 8.76. The number of hydrogen-bond acceptors (Lipinski definition) is 5. The number of fused-ring (bicyclic) bond motifs is 1. The number of thioether (sulfide) groups is 1. The van der Waals surface area contributed by atoms with Gasteiger partial charge in [-0.2, -0.15) is 0 Å². The maximum atomic E-state index is 12.4. The summed E-state index contributed by atoms with van der Waals surface area (Å²) in [7, 11) is 0. The van der Waals surface area contributed by atoms with Gasteiger partial charge < -0.3 is 9.88 Å². The van der Waals surface area contributed by atoms with Crippen molar-refractivity contribution in [3.05, 3.63) is 48.0 Å². The molecular weight excluding hydrogens is 346 g/mol. The summed E-state index contributed by atoms with van der Waals surface area (Å²) in [5.41, 5.74) is 2.13. The van der Waals surface area contributed by atoms with Crippen molar-refractivity contribution in [2.45, 2.75) is 44.0 Å². The minimum Gasteiger partial charge on any atom is -0.355 e. The van der Waals surface area contributed by atoms with Gasteiger partial charge in [-0.3, -0.25) is 4.79 Å². The number of hydrogen-bond donors (Lipinski definition) is 1. The van der Waals surface area contributed by atoms with Gasteiger partial charge in [-0.15, -0.1) is 10.2 Å². The number of nitrogens with one attached hydrogen (secondary N) is 1. The van der Waals surface area contributed by atoms with Crippen molar-refractivity contribution >= 4 is 28.6 Å². The smallest absolute Gasteiger partial charge is 0.233 e. The number of pyridine rings is 1. The number of benzene rings is 1. The maximum absolute atomic E-state index is 12.4. The van der Waals surface area contributed by atoms with Crippen LogP contribution in [-0.2, 0) is 17.8 Å². The van der Waals surface area contributed by atoms with Gasteiger partial charge in [0.1, 0.15) is 12.2 Å². The van der Waals surface area contributed by atoms with E-state index in [4.69, 9.17) is 0 Å². The topological polar surface area (TPSA) is 72.7 Å². The summed E-state index contributed by atoms with van der Waals surface area (Å²) < 4.78 is 1.98. The number of carbonyl (C=O) groups is 1. The molecule has 3 rings (SSSR count). The van der Waals surface area contributed by atoms with Crippen LogP contribution < -0.4 is 5.32 Å². The molecule has 0 fully saturated rings. The Morgan fingerprint density at radius 1 is 1.35 bits per heavy atom. The molecule has 3 aromatic rings. The molecule has 1 N–H and O–H groups in total. The summed E-state index contributed by atoms with van der Waals surface area (Å²) >= 11 is 1.48. The van der Waals surface area contributed by atoms with E-state index in [0.29, 0.717) is 13.0 Å². The lowest BCUT2D eigenvalue weighted by Gasteiger charge is -2.13. The highest BCUT2D eigenvalue weighted by molar-refractivity contribution is 8.00. The molecule has 0 bridgehead atoms. The third-order valence-corrected chi connectivity index (χ3v) is 5.27. The molecule has 0 saturated heterocycles. The van der Waals surface area contributed by atoms with Crippen LogP contribution in [0.3, 0.4) is 0 Å². The Labute approximate surface area is 157 Å². The largest absolute Gasteiger partial charge is 0.355 e. The molecule has 2 aromatic heterocycles. The third kappa shape index (κ3) is 4.22. The number of aryl methyl sites for hydroxylation is 2. The summed E-state index contributed by atoms with van der Waals surface area (Å²) in [6, 6.07) is 10.1. The Balaban J connectivity index is 1.57. The molecule has 1 atom stereocenters. The van der Waals surface area contributed by atoms with Crippen molar-refractivity contribution in [1.29, 1.82) is 0 Å². The average Bonchev–Trinajstić information content (AvgIpc) is 3.09. The lowest BCUT2D eigenvalue weighted by Crippen LogP contribution is -2.32. The molecule has 0 aliphatic rings. The lowest BCUT2D eigenvalue weighted by molar-refractivity contribution is -0.120. The molecule has 2 heterocycles. The zero-order valence-corrected chi connectivity index (χ0v) is 16.1. The fourth-order valence-corrected chi connectivity index (χ4v) is 3.74. The number of aromatic nitrogens is 4. The molecule has 136 valence electrons. The van der Waals surface area contributed by atoms with Crippen LogP contribution in [0.5, 0.6) is 0 Å². The molecule has 0 spiro atoms. The SMILES string of the molecule is CCn1cnnc1CCNC(=O)C(C)Sc1cc(C)c2ccccc2n1. The second kappa shape index (κ2) is 8.31. The van der Waals surface area contributed by atoms with Crippen LogP contribution in [0.1, 0.15) is 25.2 Å². The van der Waals surface area contributed by atoms with Gasteiger partial charge in [0, 0.05) is 24.9 Å². The van der Waals surface area contributed by atoms with Gasteiger partial charge in [0.15, 0.2) is 0 Å². The van der Waals surface area contributed by atoms with Crippen LogP contribution in [0.2, 0.25) is 0 Å². The predicted molar refractivity (Wildman–Crippen MR) is 104 cm³/mol. The van der Waals surface area contributed by atoms with Crippen molar-refractivity contribution in [3.63, 3.8) is 0 Å². The molecule has 0 aliphatic heterocycles. The molecule has 7 heteroatoms. The molecule has 6 nitrogen and oxygen atoms in total. The molecule has 1 amide bonds. The summed E-state index contributed by atoms with van der Waals surface area (Å²) in [5, 5.41) is 12.8. The fourth-order valence-electron chi connectivity index (χ4n) is 2.79. The van der Waals surface area contributed by atoms with Crippen LogP contribution in [0.4, 0.5) is 0 Å². The van der Waals surface area contributed by atoms with E-state index in [0.717, 1.165) is 28.3 Å². The first kappa shape index (κ1) is 18.4. The molecular formula is C19H23N5OS. The van der Waals surface area contributed by atoms with Crippen LogP contribution in [0, 0.1) is 6.92 Å². The van der Waals surface area contributed by atoms with Gasteiger partial charge in [0.25, 0.3) is 0 Å². The number of amides is 1. The Kier molecular flexibility index (Phi) is 5.88. The average molecular weight is 369 g/mol. The fraction of sp³-hybridized carbons (Fsp3) is 0.368. The van der Waals surface area contributed by atoms with E-state index < -0.39 is 0 Å². The Bertz CT molecular complexity index is 908. The van der Waals surface area contributed by atoms with Crippen LogP contribution in [0.15, 0.2) is 41.7 Å². The first-order chi connectivity index (χ1) is 12.6. The maximum Gasteiger partial charge on any atom is 0.233 e. The van der Waals surface area contributed by atoms with Crippen molar-refractivity contribution < 1.29 is 4.79 Å². The van der Waals surface area contributed by atoms with E-state index in [-0.39, 0.29) is 11.2 Å². The Hall–Kier alpha value is -2.41. The second-order valence-corrected chi connectivity index (χ2v) is 7.49. The number of carbonyl (C=O) groups excluding carboxylic acids is 1. The highest BCUT2D eigenvalue weighted by Gasteiger charge is 2.16. The molecule has 1 aromatic carbocycles. The van der Waals surface area contributed by atoms with E-state index in [1.54, 1.807) is 6.33 Å². The molecule has 0 aliphatic carbocycles. The van der Waals surface area contributed by atoms with Gasteiger partial charge in [-0.25, -0.2) is 4.98 Å². The minimum atomic E-state index is -0.216. The summed E-state index contributed by atoms with van der Waals surface area (Å²) in [4.78, 5) is 17.0. The number of nitrogens with zero attached hydrogens (tertiary/aromatic N) is 4. The molecule has 1 unspecified atom stereocenters. The third-order valence-electron chi connectivity index (χ3n) is 4.25. The van der Waals surface area contributed by atoms with Gasteiger partial charge in [0.2, 0.25) is 5.91 Å². The van der Waals surface area contributed by atoms with Crippen molar-refractivity contribution in [2.75, 3.05) is 6.54 Å². The molecule has 26 heavy (non-hydrogen) atoms. The van der Waals surface area contributed by atoms with E-state index >= 15 is 0 Å². The quantitative estimate of drug-likeness (QED) is 0.648. The highest BCUT2D eigenvalue weighted by Crippen LogP contribution is 2.26. The summed E-state index contributed by atoms with van der Waals surface area (Å²) in [6.07, 6.45) is 2.38. The van der Waals surface area contributed by atoms with Crippen LogP contribution in [0.25, 0.3) is 10.9 Å². The monoisotopic (exact) mass is 369 g/mol. The van der Waals surface area contributed by atoms with Gasteiger partial charge in [0.05, 0.1) is 15.8 Å². The zero-order valence-electron chi connectivity index (χ0n) is 15.3. The van der Waals surface area contributed by atoms with Gasteiger partial charge >= 0.3 is 0 Å². The molecule has 0 radical (unpaired) electrons. The number of para-hydroxylation sites is 1. The minimum absolute atomic E-state index is 0.00479. The van der Waals surface area contributed by atoms with Crippen LogP contribution in [-0.4, -0.2) is 37.5 Å². The van der Waals surface area contributed by atoms with E-state index in [2.05, 4.69) is 33.5 Å². The highest BCUT2D eigenvalue weighted by atomic mass is 32.2.